The molecular formula is C25H33N5O2S. The van der Waals surface area contributed by atoms with Crippen LogP contribution in [-0.4, -0.2) is 31.4 Å². The molecule has 33 heavy (non-hydrogen) atoms. The number of carbonyl (C=O) groups excluding carboxylic acids is 2. The minimum atomic E-state index is -0.0906. The van der Waals surface area contributed by atoms with Crippen LogP contribution < -0.4 is 5.32 Å². The molecule has 3 aromatic heterocycles. The van der Waals surface area contributed by atoms with Gasteiger partial charge in [-0.2, -0.15) is 5.10 Å². The topological polar surface area (TPSA) is 89.8 Å². The molecular weight excluding hydrogens is 434 g/mol. The number of aryl methyl sites for hydroxylation is 3. The largest absolute Gasteiger partial charge is 0.310 e. The molecule has 0 bridgehead atoms. The Morgan fingerprint density at radius 2 is 1.88 bits per heavy atom. The molecule has 1 N–H and O–H groups in total. The van der Waals surface area contributed by atoms with E-state index in [1.807, 2.05) is 45.3 Å². The molecule has 0 fully saturated rings. The fourth-order valence-corrected chi connectivity index (χ4v) is 4.20. The van der Waals surface area contributed by atoms with Crippen molar-refractivity contribution in [2.45, 2.75) is 65.7 Å². The van der Waals surface area contributed by atoms with Gasteiger partial charge in [0.15, 0.2) is 0 Å². The summed E-state index contributed by atoms with van der Waals surface area (Å²) in [6.45, 7) is 10.1. The maximum atomic E-state index is 12.6. The van der Waals surface area contributed by atoms with Crippen molar-refractivity contribution < 1.29 is 9.59 Å². The van der Waals surface area contributed by atoms with E-state index in [1.54, 1.807) is 22.2 Å². The van der Waals surface area contributed by atoms with Gasteiger partial charge in [0.05, 0.1) is 12.1 Å². The van der Waals surface area contributed by atoms with E-state index in [2.05, 4.69) is 41.2 Å². The van der Waals surface area contributed by atoms with E-state index in [0.29, 0.717) is 18.7 Å². The monoisotopic (exact) mass is 467 g/mol. The molecule has 3 aromatic rings. The summed E-state index contributed by atoms with van der Waals surface area (Å²) in [6.07, 6.45) is 5.90. The molecule has 0 aliphatic rings. The van der Waals surface area contributed by atoms with Crippen LogP contribution in [0.2, 0.25) is 0 Å². The number of thiazole rings is 1. The first kappa shape index (κ1) is 24.8. The summed E-state index contributed by atoms with van der Waals surface area (Å²) >= 11 is 1.58. The zero-order valence-corrected chi connectivity index (χ0v) is 21.1. The summed E-state index contributed by atoms with van der Waals surface area (Å²) in [4.78, 5) is 34.3. The molecule has 0 aliphatic carbocycles. The zero-order chi connectivity index (χ0) is 24.2. The van der Waals surface area contributed by atoms with E-state index < -0.39 is 0 Å². The molecule has 0 spiro atoms. The second kappa shape index (κ2) is 10.4. The van der Waals surface area contributed by atoms with Crippen LogP contribution in [0.25, 0.3) is 0 Å². The molecule has 3 rings (SSSR count). The summed E-state index contributed by atoms with van der Waals surface area (Å²) in [7, 11) is 1.89. The van der Waals surface area contributed by atoms with Gasteiger partial charge in [-0.15, -0.1) is 11.3 Å². The van der Waals surface area contributed by atoms with Gasteiger partial charge in [-0.05, 0) is 36.6 Å². The molecule has 0 saturated carbocycles. The van der Waals surface area contributed by atoms with Gasteiger partial charge in [0.2, 0.25) is 5.91 Å². The first-order chi connectivity index (χ1) is 15.5. The van der Waals surface area contributed by atoms with Crippen molar-refractivity contribution in [1.29, 1.82) is 0 Å². The highest BCUT2D eigenvalue weighted by Gasteiger charge is 2.20. The molecule has 0 atom stereocenters. The Morgan fingerprint density at radius 3 is 2.55 bits per heavy atom. The number of amides is 1. The SMILES string of the molecule is CC(C)C(=O)Nc1cc(CCc2cnc(CC(=O)Cc3cc(C(C)(C)C)nn3C)s2)ccn1. The van der Waals surface area contributed by atoms with Crippen LogP contribution >= 0.6 is 11.3 Å². The van der Waals surface area contributed by atoms with E-state index in [1.165, 1.54) is 0 Å². The number of rotatable bonds is 9. The second-order valence-corrected chi connectivity index (χ2v) is 10.9. The van der Waals surface area contributed by atoms with E-state index in [9.17, 15) is 9.59 Å². The van der Waals surface area contributed by atoms with Gasteiger partial charge < -0.3 is 5.32 Å². The summed E-state index contributed by atoms with van der Waals surface area (Å²) in [5.41, 5.74) is 2.98. The minimum absolute atomic E-state index is 0.0428. The molecule has 7 nitrogen and oxygen atoms in total. The smallest absolute Gasteiger partial charge is 0.228 e. The van der Waals surface area contributed by atoms with Gasteiger partial charge >= 0.3 is 0 Å². The first-order valence-electron chi connectivity index (χ1n) is 11.3. The Labute approximate surface area is 199 Å². The molecule has 176 valence electrons. The maximum Gasteiger partial charge on any atom is 0.228 e. The number of ketones is 1. The van der Waals surface area contributed by atoms with Crippen LogP contribution in [0.1, 0.15) is 61.5 Å². The summed E-state index contributed by atoms with van der Waals surface area (Å²) in [6, 6.07) is 5.89. The predicted molar refractivity (Wildman–Crippen MR) is 132 cm³/mol. The number of carbonyl (C=O) groups is 2. The molecule has 1 amide bonds. The number of aromatic nitrogens is 4. The molecule has 0 aromatic carbocycles. The van der Waals surface area contributed by atoms with Gasteiger partial charge in [-0.25, -0.2) is 9.97 Å². The standard InChI is InChI=1S/C25H33N5O2S/c1-16(2)24(32)28-22-11-17(9-10-26-22)7-8-20-15-27-23(33-20)14-19(31)12-18-13-21(25(3,4)5)29-30(18)6/h9-11,13,15-16H,7-8,12,14H2,1-6H3,(H,26,28,32). The van der Waals surface area contributed by atoms with Crippen molar-refractivity contribution in [3.8, 4) is 0 Å². The van der Waals surface area contributed by atoms with Gasteiger partial charge in [-0.1, -0.05) is 34.6 Å². The molecule has 3 heterocycles. The first-order valence-corrected chi connectivity index (χ1v) is 12.1. The van der Waals surface area contributed by atoms with Crippen molar-refractivity contribution in [3.05, 3.63) is 57.4 Å². The third-order valence-electron chi connectivity index (χ3n) is 5.33. The van der Waals surface area contributed by atoms with Crippen LogP contribution in [0.5, 0.6) is 0 Å². The van der Waals surface area contributed by atoms with Crippen molar-refractivity contribution in [1.82, 2.24) is 19.7 Å². The van der Waals surface area contributed by atoms with Gasteiger partial charge in [0, 0.05) is 47.8 Å². The third-order valence-corrected chi connectivity index (χ3v) is 6.39. The summed E-state index contributed by atoms with van der Waals surface area (Å²) in [5, 5.41) is 8.23. The van der Waals surface area contributed by atoms with Gasteiger partial charge in [-0.3, -0.25) is 14.3 Å². The van der Waals surface area contributed by atoms with E-state index in [-0.39, 0.29) is 23.0 Å². The number of nitrogens with one attached hydrogen (secondary N) is 1. The molecule has 0 aliphatic heterocycles. The van der Waals surface area contributed by atoms with Crippen molar-refractivity contribution >= 4 is 28.8 Å². The number of nitrogens with zero attached hydrogens (tertiary/aromatic N) is 4. The Bertz CT molecular complexity index is 1120. The van der Waals surface area contributed by atoms with E-state index >= 15 is 0 Å². The predicted octanol–water partition coefficient (Wildman–Crippen LogP) is 4.30. The Morgan fingerprint density at radius 1 is 1.12 bits per heavy atom. The maximum absolute atomic E-state index is 12.6. The minimum Gasteiger partial charge on any atom is -0.310 e. The van der Waals surface area contributed by atoms with Crippen LogP contribution in [-0.2, 0) is 47.7 Å². The fourth-order valence-electron chi connectivity index (χ4n) is 3.25. The lowest BCUT2D eigenvalue weighted by Crippen LogP contribution is -2.18. The summed E-state index contributed by atoms with van der Waals surface area (Å²) in [5.74, 6) is 0.579. The van der Waals surface area contributed by atoms with E-state index in [4.69, 9.17) is 0 Å². The average Bonchev–Trinajstić information content (AvgIpc) is 3.33. The van der Waals surface area contributed by atoms with Gasteiger partial charge in [0.1, 0.15) is 16.6 Å². The molecule has 0 unspecified atom stereocenters. The van der Waals surface area contributed by atoms with Crippen molar-refractivity contribution in [2.75, 3.05) is 5.32 Å². The van der Waals surface area contributed by atoms with Crippen LogP contribution in [0.4, 0.5) is 5.82 Å². The van der Waals surface area contributed by atoms with Gasteiger partial charge in [0.25, 0.3) is 0 Å². The highest BCUT2D eigenvalue weighted by molar-refractivity contribution is 7.11. The van der Waals surface area contributed by atoms with Crippen molar-refractivity contribution in [3.63, 3.8) is 0 Å². The number of hydrogen-bond donors (Lipinski definition) is 1. The zero-order valence-electron chi connectivity index (χ0n) is 20.3. The van der Waals surface area contributed by atoms with Crippen molar-refractivity contribution in [2.24, 2.45) is 13.0 Å². The Kier molecular flexibility index (Phi) is 7.79. The lowest BCUT2D eigenvalue weighted by molar-refractivity contribution is -0.119. The third kappa shape index (κ3) is 7.05. The lowest BCUT2D eigenvalue weighted by atomic mass is 9.92. The number of Topliss-reactive ketones (excluding diaryl/α,β-unsaturated/α-hetero) is 1. The molecule has 8 heteroatoms. The lowest BCUT2D eigenvalue weighted by Gasteiger charge is -2.13. The van der Waals surface area contributed by atoms with Crippen LogP contribution in [0.15, 0.2) is 30.6 Å². The van der Waals surface area contributed by atoms with Crippen LogP contribution in [0, 0.1) is 5.92 Å². The number of hydrogen-bond acceptors (Lipinski definition) is 6. The number of pyridine rings is 1. The quantitative estimate of drug-likeness (QED) is 0.507. The second-order valence-electron chi connectivity index (χ2n) is 9.70. The van der Waals surface area contributed by atoms with Crippen LogP contribution in [0.3, 0.4) is 0 Å². The normalized spacial score (nSPS) is 11.7. The fraction of sp³-hybridized carbons (Fsp3) is 0.480. The number of anilines is 1. The Balaban J connectivity index is 1.54. The molecule has 0 radical (unpaired) electrons. The highest BCUT2D eigenvalue weighted by Crippen LogP contribution is 2.22. The van der Waals surface area contributed by atoms with E-state index in [0.717, 1.165) is 39.7 Å². The Hall–Kier alpha value is -2.87. The summed E-state index contributed by atoms with van der Waals surface area (Å²) < 4.78 is 1.80. The molecule has 0 saturated heterocycles. The highest BCUT2D eigenvalue weighted by atomic mass is 32.1. The average molecular weight is 468 g/mol.